The molecule has 672 valence electrons. The summed E-state index contributed by atoms with van der Waals surface area (Å²) < 4.78 is 114. The minimum atomic E-state index is -4.69. The van der Waals surface area contributed by atoms with Gasteiger partial charge in [0.2, 0.25) is 0 Å². The summed E-state index contributed by atoms with van der Waals surface area (Å²) in [5, 5.41) is 3.88. The first-order valence-corrected chi connectivity index (χ1v) is 38.2. The third-order valence-electron chi connectivity index (χ3n) is 17.3. The van der Waals surface area contributed by atoms with Crippen LogP contribution in [-0.2, 0) is 39.7 Å². The Balaban J connectivity index is 0.000000189. The molecule has 7 heterocycles. The summed E-state index contributed by atoms with van der Waals surface area (Å²) in [6.45, 7) is 41.7. The zero-order chi connectivity index (χ0) is 96.9. The van der Waals surface area contributed by atoms with Gasteiger partial charge in [-0.25, -0.2) is 67.1 Å². The smallest absolute Gasteiger partial charge is 0.417 e. The van der Waals surface area contributed by atoms with Gasteiger partial charge in [-0.2, -0.15) is 13.2 Å². The summed E-state index contributed by atoms with van der Waals surface area (Å²) >= 11 is 0. The number of ether oxygens (including phenoxy) is 8. The Kier molecular flexibility index (Phi) is 33.0. The van der Waals surface area contributed by atoms with Crippen LogP contribution < -0.4 is 77.3 Å². The molecule has 0 amide bonds. The van der Waals surface area contributed by atoms with Gasteiger partial charge in [0.1, 0.15) is 73.6 Å². The van der Waals surface area contributed by atoms with Gasteiger partial charge in [0, 0.05) is 132 Å². The van der Waals surface area contributed by atoms with Crippen LogP contribution in [-0.4, -0.2) is 54.7 Å². The molecule has 7 aromatic carbocycles. The zero-order valence-corrected chi connectivity index (χ0v) is 72.1. The minimum absolute atomic E-state index is 0.0435. The third kappa shape index (κ3) is 27.4. The number of carbonyl (C=O) groups excluding carboxylic acids is 8. The molecule has 0 aliphatic carbocycles. The van der Waals surface area contributed by atoms with Crippen molar-refractivity contribution in [2.24, 2.45) is 0 Å². The second-order valence-corrected chi connectivity index (χ2v) is 28.4. The number of hydrogen-bond donors (Lipinski definition) is 0. The van der Waals surface area contributed by atoms with Crippen molar-refractivity contribution in [1.29, 1.82) is 0 Å². The molecule has 0 spiro atoms. The number of halogens is 3. The van der Waals surface area contributed by atoms with E-state index in [2.05, 4.69) is 46.1 Å². The quantitative estimate of drug-likeness (QED) is 0.0285. The first kappa shape index (κ1) is 99.2. The molecule has 0 radical (unpaired) electrons. The van der Waals surface area contributed by atoms with Crippen LogP contribution in [0.1, 0.15) is 88.0 Å². The van der Waals surface area contributed by atoms with Gasteiger partial charge >= 0.3 is 87.3 Å². The molecule has 0 aliphatic heterocycles. The number of benzene rings is 7. The number of Topliss-reactive ketones (excluding diaryl/α,β-unsaturated/α-hetero) is 1. The highest BCUT2D eigenvalue weighted by Crippen LogP contribution is 2.37. The van der Waals surface area contributed by atoms with Crippen molar-refractivity contribution in [1.82, 2.24) is 0 Å². The van der Waals surface area contributed by atoms with Crippen LogP contribution in [0.3, 0.4) is 0 Å². The second kappa shape index (κ2) is 43.6. The fourth-order valence-electron chi connectivity index (χ4n) is 10.9. The standard InChI is InChI=1S/C16H14O5.C14H9F3O4.C14H12O5.2C14H12O4.2C13H10O4/c1-8(2)16(19)20-12-6-5-11-9(3)7-13(18)21-15(11)14(12)10(4)17;1-7(2)13(19)20-8-3-4-9-10(14(15,16)17)6-12(18)21-11(9)5-8;1-8(2)14(16)19-12-7-10-9(6-11(12)17-3)4-5-13(15)18-10;1-8(2)14(16)17-10-4-5-12-11(7-10)9(3)6-13(15)18-12;1-8(2)14(16)17-10-4-5-11-9(3)6-13(15)18-12(11)7-10;1-8(2)13(15)16-10-5-3-9-4-6-12(14)17-11(9)7-10;1-8(2)13(15)17-11-7-12(14)16-10-6-4-3-5-9(10)11/h5-7H,1H2,2-4H3;3-6H,1H2,2H3;4-7H,1H2,2-3H3;2*4-7H,1H2,2-3H3;2*3-7H,1H2,2H3. The van der Waals surface area contributed by atoms with E-state index in [1.807, 2.05) is 6.92 Å². The van der Waals surface area contributed by atoms with Crippen LogP contribution in [0, 0.1) is 20.8 Å². The predicted molar refractivity (Wildman–Crippen MR) is 476 cm³/mol. The molecule has 0 N–H and O–H groups in total. The maximum Gasteiger partial charge on any atom is 0.417 e. The lowest BCUT2D eigenvalue weighted by molar-refractivity contribution is -0.137. The van der Waals surface area contributed by atoms with E-state index in [1.165, 1.54) is 102 Å². The average molecular weight is 1790 g/mol. The highest BCUT2D eigenvalue weighted by molar-refractivity contribution is 6.09. The van der Waals surface area contributed by atoms with Gasteiger partial charge in [-0.1, -0.05) is 58.2 Å². The molecule has 7 aromatic heterocycles. The maximum atomic E-state index is 12.8. The minimum Gasteiger partial charge on any atom is -0.493 e. The van der Waals surface area contributed by atoms with Gasteiger partial charge < -0.3 is 68.8 Å². The first-order valence-electron chi connectivity index (χ1n) is 38.2. The van der Waals surface area contributed by atoms with Gasteiger partial charge in [0.25, 0.3) is 0 Å². The second-order valence-electron chi connectivity index (χ2n) is 28.4. The molecule has 0 fully saturated rings. The zero-order valence-electron chi connectivity index (χ0n) is 72.1. The van der Waals surface area contributed by atoms with Crippen molar-refractivity contribution in [3.8, 4) is 46.0 Å². The predicted octanol–water partition coefficient (Wildman–Crippen LogP) is 18.1. The van der Waals surface area contributed by atoms with Crippen molar-refractivity contribution in [3.63, 3.8) is 0 Å². The molecule has 0 bridgehead atoms. The number of fused-ring (bicyclic) bond motifs is 7. The SMILES string of the molecule is C=C(C)C(=O)Oc1cc(=O)oc2ccccc12.C=C(C)C(=O)Oc1cc2oc(=O)ccc2cc1OC.C=C(C)C(=O)Oc1ccc2c(C(F)(F)F)cc(=O)oc2c1.C=C(C)C(=O)Oc1ccc2c(C)cc(=O)oc2c1.C=C(C)C(=O)Oc1ccc2c(C)cc(=O)oc2c1C(C)=O.C=C(C)C(=O)Oc1ccc2ccc(=O)oc2c1.C=C(C)C(=O)Oc1ccc2oc(=O)cc(C)c2c1. The van der Waals surface area contributed by atoms with Crippen molar-refractivity contribution in [3.05, 3.63) is 362 Å². The molecular formula is C98H79F3O30. The Bertz CT molecular complexity index is 7500. The van der Waals surface area contributed by atoms with E-state index in [-0.39, 0.29) is 73.2 Å². The fraction of sp³-hybridized carbons (Fsp3) is 0.133. The average Bonchev–Trinajstić information content (AvgIpc) is 0.767. The van der Waals surface area contributed by atoms with Crippen LogP contribution in [0.15, 0.2) is 325 Å². The Morgan fingerprint density at radius 2 is 0.634 bits per heavy atom. The summed E-state index contributed by atoms with van der Waals surface area (Å²) in [4.78, 5) is 170. The van der Waals surface area contributed by atoms with E-state index in [1.54, 1.807) is 126 Å². The Morgan fingerprint density at radius 3 is 1.12 bits per heavy atom. The maximum absolute atomic E-state index is 12.8. The number of esters is 7. The molecule has 0 aliphatic rings. The summed E-state index contributed by atoms with van der Waals surface area (Å²) in [5.41, 5.74) is 0.768. The number of para-hydroxylation sites is 1. The van der Waals surface area contributed by atoms with Crippen molar-refractivity contribution < 1.29 is 120 Å². The third-order valence-corrected chi connectivity index (χ3v) is 17.3. The van der Waals surface area contributed by atoms with Crippen molar-refractivity contribution in [2.75, 3.05) is 7.11 Å². The van der Waals surface area contributed by atoms with E-state index < -0.39 is 92.9 Å². The lowest BCUT2D eigenvalue weighted by atomic mass is 10.0. The number of alkyl halides is 3. The number of methoxy groups -OCH3 is 1. The summed E-state index contributed by atoms with van der Waals surface area (Å²) in [6.07, 6.45) is -4.69. The summed E-state index contributed by atoms with van der Waals surface area (Å²) in [6, 6.07) is 42.5. The topological polar surface area (TPSA) is 422 Å². The Morgan fingerprint density at radius 1 is 0.282 bits per heavy atom. The van der Waals surface area contributed by atoms with Crippen LogP contribution in [0.4, 0.5) is 13.2 Å². The van der Waals surface area contributed by atoms with Crippen molar-refractivity contribution in [2.45, 2.75) is 82.3 Å². The number of ketones is 1. The van der Waals surface area contributed by atoms with E-state index in [4.69, 9.17) is 68.8 Å². The fourth-order valence-corrected chi connectivity index (χ4v) is 10.9. The van der Waals surface area contributed by atoms with E-state index in [0.717, 1.165) is 45.5 Å². The van der Waals surface area contributed by atoms with Gasteiger partial charge in [-0.15, -0.1) is 0 Å². The molecular weight excluding hydrogens is 1710 g/mol. The summed E-state index contributed by atoms with van der Waals surface area (Å²) in [5.74, 6) is -2.60. The lowest BCUT2D eigenvalue weighted by Gasteiger charge is -2.10. The number of hydrogen-bond acceptors (Lipinski definition) is 30. The van der Waals surface area contributed by atoms with E-state index >= 15 is 0 Å². The number of rotatable bonds is 16. The monoisotopic (exact) mass is 1790 g/mol. The molecule has 0 saturated heterocycles. The summed E-state index contributed by atoms with van der Waals surface area (Å²) in [7, 11) is 1.46. The Labute approximate surface area is 738 Å². The molecule has 0 unspecified atom stereocenters. The normalized spacial score (nSPS) is 10.5. The largest absolute Gasteiger partial charge is 0.493 e. The molecule has 14 rings (SSSR count). The number of aryl methyl sites for hydroxylation is 3. The van der Waals surface area contributed by atoms with E-state index in [0.29, 0.717) is 95.4 Å². The molecule has 131 heavy (non-hydrogen) atoms. The molecule has 0 atom stereocenters. The Hall–Kier alpha value is -17.3. The molecule has 14 aromatic rings. The molecule has 30 nitrogen and oxygen atoms in total. The highest BCUT2D eigenvalue weighted by atomic mass is 19.4. The van der Waals surface area contributed by atoms with Crippen molar-refractivity contribution >= 4 is 124 Å². The van der Waals surface area contributed by atoms with Gasteiger partial charge in [0.15, 0.2) is 22.9 Å². The van der Waals surface area contributed by atoms with E-state index in [9.17, 15) is 85.1 Å². The highest BCUT2D eigenvalue weighted by Gasteiger charge is 2.34. The number of carbonyl (C=O) groups is 8. The van der Waals surface area contributed by atoms with Gasteiger partial charge in [0.05, 0.1) is 24.1 Å². The van der Waals surface area contributed by atoms with Crippen LogP contribution in [0.2, 0.25) is 0 Å². The van der Waals surface area contributed by atoms with Crippen LogP contribution in [0.5, 0.6) is 46.0 Å². The van der Waals surface area contributed by atoms with Crippen LogP contribution in [0.25, 0.3) is 76.8 Å². The lowest BCUT2D eigenvalue weighted by Crippen LogP contribution is -2.12. The first-order chi connectivity index (χ1) is 61.6. The van der Waals surface area contributed by atoms with Gasteiger partial charge in [-0.3, -0.25) is 4.79 Å². The molecule has 33 heteroatoms. The van der Waals surface area contributed by atoms with Gasteiger partial charge in [-0.05, 0) is 190 Å². The van der Waals surface area contributed by atoms with Crippen LogP contribution >= 0.6 is 0 Å². The molecule has 0 saturated carbocycles.